The van der Waals surface area contributed by atoms with Crippen LogP contribution < -0.4 is 0 Å². The Bertz CT molecular complexity index is 757. The van der Waals surface area contributed by atoms with E-state index in [9.17, 15) is 13.2 Å². The van der Waals surface area contributed by atoms with Crippen LogP contribution in [0.1, 0.15) is 11.1 Å². The van der Waals surface area contributed by atoms with Crippen molar-refractivity contribution in [2.45, 2.75) is 13.1 Å². The Labute approximate surface area is 112 Å². The van der Waals surface area contributed by atoms with E-state index in [1.807, 2.05) is 19.1 Å². The van der Waals surface area contributed by atoms with Crippen LogP contribution in [0.4, 0.5) is 13.2 Å². The number of hydrogen-bond acceptors (Lipinski definition) is 2. The molecule has 0 bridgehead atoms. The average molecular weight is 277 g/mol. The Kier molecular flexibility index (Phi) is 2.74. The van der Waals surface area contributed by atoms with E-state index in [-0.39, 0.29) is 0 Å². The molecule has 0 saturated carbocycles. The molecule has 0 amide bonds. The maximum absolute atomic E-state index is 12.5. The SMILES string of the molecule is Cc1cccn2nc(-c3ccc(C(F)(F)F)cc3)nc12. The van der Waals surface area contributed by atoms with Crippen molar-refractivity contribution in [1.82, 2.24) is 14.6 Å². The molecule has 1 aromatic carbocycles. The summed E-state index contributed by atoms with van der Waals surface area (Å²) in [6.07, 6.45) is -2.58. The van der Waals surface area contributed by atoms with E-state index < -0.39 is 11.7 Å². The van der Waals surface area contributed by atoms with E-state index in [2.05, 4.69) is 10.1 Å². The molecule has 3 aromatic rings. The summed E-state index contributed by atoms with van der Waals surface area (Å²) in [5.41, 5.74) is 1.53. The Morgan fingerprint density at radius 3 is 2.35 bits per heavy atom. The lowest BCUT2D eigenvalue weighted by Crippen LogP contribution is -2.04. The first-order chi connectivity index (χ1) is 9.45. The van der Waals surface area contributed by atoms with Gasteiger partial charge < -0.3 is 0 Å². The summed E-state index contributed by atoms with van der Waals surface area (Å²) < 4.78 is 39.1. The minimum absolute atomic E-state index is 0.410. The van der Waals surface area contributed by atoms with Crippen LogP contribution in [0.3, 0.4) is 0 Å². The number of hydrogen-bond donors (Lipinski definition) is 0. The maximum Gasteiger partial charge on any atom is 0.416 e. The van der Waals surface area contributed by atoms with E-state index in [4.69, 9.17) is 0 Å². The van der Waals surface area contributed by atoms with Crippen molar-refractivity contribution < 1.29 is 13.2 Å². The van der Waals surface area contributed by atoms with Crippen LogP contribution in [0.2, 0.25) is 0 Å². The lowest BCUT2D eigenvalue weighted by Gasteiger charge is -2.05. The van der Waals surface area contributed by atoms with E-state index >= 15 is 0 Å². The fraction of sp³-hybridized carbons (Fsp3) is 0.143. The van der Waals surface area contributed by atoms with Gasteiger partial charge in [0.25, 0.3) is 0 Å². The van der Waals surface area contributed by atoms with Gasteiger partial charge in [0.05, 0.1) is 5.56 Å². The number of pyridine rings is 1. The van der Waals surface area contributed by atoms with Crippen LogP contribution in [0.15, 0.2) is 42.6 Å². The van der Waals surface area contributed by atoms with Crippen LogP contribution in [-0.4, -0.2) is 14.6 Å². The fourth-order valence-electron chi connectivity index (χ4n) is 1.97. The molecule has 2 aromatic heterocycles. The fourth-order valence-corrected chi connectivity index (χ4v) is 1.97. The molecule has 3 nitrogen and oxygen atoms in total. The molecule has 0 aliphatic rings. The lowest BCUT2D eigenvalue weighted by atomic mass is 10.1. The second-order valence-electron chi connectivity index (χ2n) is 4.47. The number of benzene rings is 1. The van der Waals surface area contributed by atoms with Gasteiger partial charge in [0.1, 0.15) is 0 Å². The van der Waals surface area contributed by atoms with Crippen molar-refractivity contribution in [3.8, 4) is 11.4 Å². The smallest absolute Gasteiger partial charge is 0.220 e. The zero-order valence-electron chi connectivity index (χ0n) is 10.5. The highest BCUT2D eigenvalue weighted by Gasteiger charge is 2.30. The van der Waals surface area contributed by atoms with E-state index in [0.29, 0.717) is 17.0 Å². The van der Waals surface area contributed by atoms with Crippen LogP contribution in [-0.2, 0) is 6.18 Å². The highest BCUT2D eigenvalue weighted by molar-refractivity contribution is 5.60. The number of nitrogens with zero attached hydrogens (tertiary/aromatic N) is 3. The molecule has 0 aliphatic heterocycles. The third-order valence-corrected chi connectivity index (χ3v) is 3.03. The molecule has 102 valence electrons. The molecule has 0 fully saturated rings. The van der Waals surface area contributed by atoms with Crippen LogP contribution in [0, 0.1) is 6.92 Å². The number of alkyl halides is 3. The molecule has 0 aliphatic carbocycles. The number of halogens is 3. The van der Waals surface area contributed by atoms with Crippen LogP contribution in [0.25, 0.3) is 17.0 Å². The number of fused-ring (bicyclic) bond motifs is 1. The molecule has 0 atom stereocenters. The van der Waals surface area contributed by atoms with Gasteiger partial charge in [0, 0.05) is 11.8 Å². The average Bonchev–Trinajstić information content (AvgIpc) is 2.83. The lowest BCUT2D eigenvalue weighted by molar-refractivity contribution is -0.137. The third-order valence-electron chi connectivity index (χ3n) is 3.03. The van der Waals surface area contributed by atoms with Gasteiger partial charge >= 0.3 is 6.18 Å². The quantitative estimate of drug-likeness (QED) is 0.678. The van der Waals surface area contributed by atoms with E-state index in [1.54, 1.807) is 10.7 Å². The van der Waals surface area contributed by atoms with Crippen molar-refractivity contribution >= 4 is 5.65 Å². The summed E-state index contributed by atoms with van der Waals surface area (Å²) in [6.45, 7) is 1.90. The topological polar surface area (TPSA) is 30.2 Å². The third kappa shape index (κ3) is 2.13. The van der Waals surface area contributed by atoms with Gasteiger partial charge in [-0.25, -0.2) is 9.50 Å². The summed E-state index contributed by atoms with van der Waals surface area (Å²) in [5.74, 6) is 0.410. The molecule has 3 rings (SSSR count). The summed E-state index contributed by atoms with van der Waals surface area (Å²) in [7, 11) is 0. The van der Waals surface area contributed by atoms with Gasteiger partial charge in [-0.1, -0.05) is 18.2 Å². The molecular formula is C14H10F3N3. The molecule has 0 N–H and O–H groups in total. The molecule has 0 saturated heterocycles. The van der Waals surface area contributed by atoms with Crippen molar-refractivity contribution in [1.29, 1.82) is 0 Å². The predicted octanol–water partition coefficient (Wildman–Crippen LogP) is 3.72. The Morgan fingerprint density at radius 1 is 1.05 bits per heavy atom. The first-order valence-electron chi connectivity index (χ1n) is 5.95. The van der Waals surface area contributed by atoms with Gasteiger partial charge in [-0.15, -0.1) is 5.10 Å². The van der Waals surface area contributed by atoms with Gasteiger partial charge in [-0.05, 0) is 30.7 Å². The molecule has 0 radical (unpaired) electrons. The second kappa shape index (κ2) is 4.33. The van der Waals surface area contributed by atoms with Gasteiger partial charge in [-0.3, -0.25) is 0 Å². The van der Waals surface area contributed by atoms with Crippen molar-refractivity contribution in [2.24, 2.45) is 0 Å². The predicted molar refractivity (Wildman–Crippen MR) is 68.2 cm³/mol. The van der Waals surface area contributed by atoms with Crippen molar-refractivity contribution in [3.63, 3.8) is 0 Å². The van der Waals surface area contributed by atoms with Crippen LogP contribution in [0.5, 0.6) is 0 Å². The second-order valence-corrected chi connectivity index (χ2v) is 4.47. The molecule has 6 heteroatoms. The van der Waals surface area contributed by atoms with E-state index in [0.717, 1.165) is 17.7 Å². The Balaban J connectivity index is 2.05. The minimum Gasteiger partial charge on any atom is -0.220 e. The Morgan fingerprint density at radius 2 is 1.75 bits per heavy atom. The zero-order chi connectivity index (χ0) is 14.3. The number of aromatic nitrogens is 3. The van der Waals surface area contributed by atoms with Crippen molar-refractivity contribution in [3.05, 3.63) is 53.7 Å². The molecular weight excluding hydrogens is 267 g/mol. The monoisotopic (exact) mass is 277 g/mol. The van der Waals surface area contributed by atoms with Gasteiger partial charge in [0.2, 0.25) is 0 Å². The molecule has 0 unspecified atom stereocenters. The number of aryl methyl sites for hydroxylation is 1. The van der Waals surface area contributed by atoms with E-state index in [1.165, 1.54) is 12.1 Å². The summed E-state index contributed by atoms with van der Waals surface area (Å²) in [6, 6.07) is 8.58. The maximum atomic E-state index is 12.5. The Hall–Kier alpha value is -2.37. The highest BCUT2D eigenvalue weighted by Crippen LogP contribution is 2.30. The largest absolute Gasteiger partial charge is 0.416 e. The first kappa shape index (κ1) is 12.7. The van der Waals surface area contributed by atoms with Gasteiger partial charge in [-0.2, -0.15) is 13.2 Å². The molecule has 2 heterocycles. The van der Waals surface area contributed by atoms with Crippen molar-refractivity contribution in [2.75, 3.05) is 0 Å². The highest BCUT2D eigenvalue weighted by atomic mass is 19.4. The molecule has 0 spiro atoms. The molecule has 20 heavy (non-hydrogen) atoms. The zero-order valence-corrected chi connectivity index (χ0v) is 10.5. The minimum atomic E-state index is -4.33. The summed E-state index contributed by atoms with van der Waals surface area (Å²) >= 11 is 0. The van der Waals surface area contributed by atoms with Gasteiger partial charge in [0.15, 0.2) is 11.5 Å². The summed E-state index contributed by atoms with van der Waals surface area (Å²) in [4.78, 5) is 4.34. The van der Waals surface area contributed by atoms with Crippen LogP contribution >= 0.6 is 0 Å². The summed E-state index contributed by atoms with van der Waals surface area (Å²) in [5, 5.41) is 4.26. The number of rotatable bonds is 1. The standard InChI is InChI=1S/C14H10F3N3/c1-9-3-2-8-20-13(9)18-12(19-20)10-4-6-11(7-5-10)14(15,16)17/h2-8H,1H3. The normalized spacial score (nSPS) is 12.0. The first-order valence-corrected chi connectivity index (χ1v) is 5.95.